The van der Waals surface area contributed by atoms with Crippen LogP contribution in [-0.4, -0.2) is 112 Å². The van der Waals surface area contributed by atoms with Crippen molar-refractivity contribution in [3.63, 3.8) is 0 Å². The number of halogens is 6. The molecule has 1 aromatic heterocycles. The van der Waals surface area contributed by atoms with Crippen LogP contribution in [0.3, 0.4) is 0 Å². The van der Waals surface area contributed by atoms with E-state index < -0.39 is 18.6 Å². The Kier molecular flexibility index (Phi) is 13.0. The molecule has 1 amide bonds. The van der Waals surface area contributed by atoms with Gasteiger partial charge >= 0.3 is 6.18 Å². The number of rotatable bonds is 9. The van der Waals surface area contributed by atoms with Gasteiger partial charge in [0.2, 0.25) is 5.91 Å². The molecule has 0 saturated carbocycles. The van der Waals surface area contributed by atoms with Gasteiger partial charge in [0.25, 0.3) is 5.82 Å². The molecule has 0 bridgehead atoms. The molecular weight excluding hydrogens is 722 g/mol. The SMILES string of the molecule is COc1c(Cl)cc(-n2nnnc2C(F)(F)F)c(OC)c1CN1C[C@@H]2CN(C(=O)CO)CCN2[C@H](C(c2ccccc2)c2ccccc2)C1.Cl.Cl. The summed E-state index contributed by atoms with van der Waals surface area (Å²) in [5, 5.41) is 19.8. The molecule has 270 valence electrons. The van der Waals surface area contributed by atoms with Gasteiger partial charge < -0.3 is 19.5 Å². The predicted molar refractivity (Wildman–Crippen MR) is 185 cm³/mol. The highest BCUT2D eigenvalue weighted by atomic mass is 35.5. The molecule has 2 atom stereocenters. The molecule has 0 aliphatic carbocycles. The zero-order valence-corrected chi connectivity index (χ0v) is 29.6. The van der Waals surface area contributed by atoms with Gasteiger partial charge in [0.15, 0.2) is 5.75 Å². The predicted octanol–water partition coefficient (Wildman–Crippen LogP) is 4.72. The molecule has 3 aromatic carbocycles. The molecule has 2 saturated heterocycles. The average molecular weight is 759 g/mol. The van der Waals surface area contributed by atoms with E-state index in [1.165, 1.54) is 20.3 Å². The van der Waals surface area contributed by atoms with Gasteiger partial charge in [0.1, 0.15) is 18.0 Å². The fourth-order valence-electron chi connectivity index (χ4n) is 7.07. The number of aliphatic hydroxyl groups excluding tert-OH is 1. The number of aromatic nitrogens is 4. The fourth-order valence-corrected chi connectivity index (χ4v) is 7.37. The van der Waals surface area contributed by atoms with Crippen LogP contribution in [0.2, 0.25) is 5.02 Å². The van der Waals surface area contributed by atoms with Crippen molar-refractivity contribution < 1.29 is 32.5 Å². The minimum absolute atomic E-state index is 0. The summed E-state index contributed by atoms with van der Waals surface area (Å²) in [5.41, 5.74) is 2.59. The van der Waals surface area contributed by atoms with Crippen LogP contribution in [0, 0.1) is 0 Å². The second kappa shape index (κ2) is 16.6. The largest absolute Gasteiger partial charge is 0.495 e. The van der Waals surface area contributed by atoms with Crippen LogP contribution in [0.25, 0.3) is 5.69 Å². The maximum absolute atomic E-state index is 13.9. The Morgan fingerprint density at radius 1 is 0.960 bits per heavy atom. The van der Waals surface area contributed by atoms with Gasteiger partial charge in [-0.05, 0) is 27.6 Å². The lowest BCUT2D eigenvalue weighted by Gasteiger charge is -2.53. The van der Waals surface area contributed by atoms with Crippen LogP contribution in [-0.2, 0) is 17.5 Å². The zero-order chi connectivity index (χ0) is 34.0. The first-order valence-electron chi connectivity index (χ1n) is 15.4. The Balaban J connectivity index is 0.00000281. The molecule has 2 aliphatic rings. The van der Waals surface area contributed by atoms with E-state index >= 15 is 0 Å². The molecule has 1 N–H and O–H groups in total. The highest BCUT2D eigenvalue weighted by Gasteiger charge is 2.44. The number of fused-ring (bicyclic) bond motifs is 1. The van der Waals surface area contributed by atoms with Crippen molar-refractivity contribution in [2.45, 2.75) is 30.7 Å². The zero-order valence-electron chi connectivity index (χ0n) is 27.2. The lowest BCUT2D eigenvalue weighted by atomic mass is 9.81. The highest BCUT2D eigenvalue weighted by molar-refractivity contribution is 6.32. The number of hydrogen-bond acceptors (Lipinski definition) is 9. The molecule has 0 radical (unpaired) electrons. The quantitative estimate of drug-likeness (QED) is 0.260. The molecule has 2 fully saturated rings. The average Bonchev–Trinajstić information content (AvgIpc) is 3.60. The van der Waals surface area contributed by atoms with E-state index in [1.807, 2.05) is 36.4 Å². The number of carbonyl (C=O) groups is 1. The van der Waals surface area contributed by atoms with E-state index in [4.69, 9.17) is 21.1 Å². The number of benzene rings is 3. The number of ether oxygens (including phenoxy) is 2. The van der Waals surface area contributed by atoms with Crippen molar-refractivity contribution in [2.24, 2.45) is 0 Å². The van der Waals surface area contributed by atoms with E-state index in [2.05, 4.69) is 49.6 Å². The first-order chi connectivity index (χ1) is 23.1. The third-order valence-electron chi connectivity index (χ3n) is 9.06. The monoisotopic (exact) mass is 757 g/mol. The lowest BCUT2D eigenvalue weighted by Crippen LogP contribution is -2.67. The molecular formula is C33H37Cl3F3N7O4. The Hall–Kier alpha value is -3.66. The minimum atomic E-state index is -4.84. The maximum atomic E-state index is 13.9. The first-order valence-corrected chi connectivity index (χ1v) is 15.8. The summed E-state index contributed by atoms with van der Waals surface area (Å²) in [7, 11) is 2.79. The van der Waals surface area contributed by atoms with E-state index in [0.717, 1.165) is 11.1 Å². The Labute approximate surface area is 304 Å². The number of tetrazole rings is 1. The van der Waals surface area contributed by atoms with Crippen LogP contribution < -0.4 is 9.47 Å². The summed E-state index contributed by atoms with van der Waals surface area (Å²) in [6, 6.07) is 21.5. The third-order valence-corrected chi connectivity index (χ3v) is 9.34. The number of methoxy groups -OCH3 is 2. The van der Waals surface area contributed by atoms with Gasteiger partial charge in [-0.1, -0.05) is 72.3 Å². The van der Waals surface area contributed by atoms with Gasteiger partial charge in [-0.15, -0.1) is 29.9 Å². The Bertz CT molecular complexity index is 1700. The summed E-state index contributed by atoms with van der Waals surface area (Å²) in [6.45, 7) is 2.17. The van der Waals surface area contributed by atoms with Crippen molar-refractivity contribution in [2.75, 3.05) is 53.6 Å². The first kappa shape index (κ1) is 39.1. The van der Waals surface area contributed by atoms with Gasteiger partial charge in [-0.2, -0.15) is 17.9 Å². The molecule has 50 heavy (non-hydrogen) atoms. The second-order valence-corrected chi connectivity index (χ2v) is 12.2. The highest BCUT2D eigenvalue weighted by Crippen LogP contribution is 2.43. The number of amides is 1. The summed E-state index contributed by atoms with van der Waals surface area (Å²) in [5.74, 6) is -1.38. The van der Waals surface area contributed by atoms with Gasteiger partial charge in [0.05, 0.1) is 24.8 Å². The number of carbonyl (C=O) groups excluding carboxylic acids is 1. The maximum Gasteiger partial charge on any atom is 0.453 e. The fraction of sp³-hybridized carbons (Fsp3) is 0.394. The number of piperazine rings is 2. The molecule has 11 nitrogen and oxygen atoms in total. The topological polar surface area (TPSA) is 109 Å². The lowest BCUT2D eigenvalue weighted by molar-refractivity contribution is -0.146. The van der Waals surface area contributed by atoms with Crippen LogP contribution in [0.5, 0.6) is 11.5 Å². The molecule has 6 rings (SSSR count). The number of aliphatic hydroxyl groups is 1. The van der Waals surface area contributed by atoms with E-state index in [0.29, 0.717) is 43.0 Å². The van der Waals surface area contributed by atoms with Crippen LogP contribution in [0.1, 0.15) is 28.4 Å². The van der Waals surface area contributed by atoms with E-state index in [9.17, 15) is 23.1 Å². The van der Waals surface area contributed by atoms with Crippen LogP contribution in [0.4, 0.5) is 13.2 Å². The standard InChI is InChI=1S/C33H35ClF3N7O4.2ClH/c1-47-30-24(31(48-2)26(15-25(30)34)44-32(33(35,36)37)38-39-40-44)18-41-16-23-17-42(28(46)20-45)13-14-43(23)27(19-41)29(21-9-5-3-6-10-21)22-11-7-4-8-12-22;;/h3-12,15,23,27,29,45H,13-14,16-20H2,1-2H3;2*1H/t23-,27+;;/m1../s1. The molecule has 0 unspecified atom stereocenters. The number of alkyl halides is 3. The molecule has 4 aromatic rings. The van der Waals surface area contributed by atoms with Crippen LogP contribution in [0.15, 0.2) is 66.7 Å². The van der Waals surface area contributed by atoms with Crippen molar-refractivity contribution in [1.29, 1.82) is 0 Å². The molecule has 17 heteroatoms. The Morgan fingerprint density at radius 3 is 2.14 bits per heavy atom. The number of nitrogens with zero attached hydrogens (tertiary/aromatic N) is 7. The smallest absolute Gasteiger partial charge is 0.453 e. The molecule has 3 heterocycles. The van der Waals surface area contributed by atoms with E-state index in [-0.39, 0.29) is 77.5 Å². The summed E-state index contributed by atoms with van der Waals surface area (Å²) >= 11 is 6.65. The van der Waals surface area contributed by atoms with Gasteiger partial charge in [-0.25, -0.2) is 0 Å². The van der Waals surface area contributed by atoms with Crippen molar-refractivity contribution in [3.05, 3.63) is 94.3 Å². The normalized spacial score (nSPS) is 18.2. The minimum Gasteiger partial charge on any atom is -0.495 e. The number of hydrogen-bond donors (Lipinski definition) is 1. The van der Waals surface area contributed by atoms with Gasteiger partial charge in [-0.3, -0.25) is 14.6 Å². The third kappa shape index (κ3) is 7.80. The second-order valence-electron chi connectivity index (χ2n) is 11.8. The van der Waals surface area contributed by atoms with Crippen molar-refractivity contribution >= 4 is 42.3 Å². The summed E-state index contributed by atoms with van der Waals surface area (Å²) in [4.78, 5) is 18.9. The van der Waals surface area contributed by atoms with Crippen molar-refractivity contribution in [3.8, 4) is 17.2 Å². The van der Waals surface area contributed by atoms with Gasteiger partial charge in [0, 0.05) is 57.3 Å². The van der Waals surface area contributed by atoms with Crippen LogP contribution >= 0.6 is 36.4 Å². The summed E-state index contributed by atoms with van der Waals surface area (Å²) in [6.07, 6.45) is -4.84. The molecule has 0 spiro atoms. The Morgan fingerprint density at radius 2 is 1.58 bits per heavy atom. The van der Waals surface area contributed by atoms with Crippen molar-refractivity contribution in [1.82, 2.24) is 34.9 Å². The van der Waals surface area contributed by atoms with E-state index in [1.54, 1.807) is 4.90 Å². The summed E-state index contributed by atoms with van der Waals surface area (Å²) < 4.78 is 53.6. The molecule has 2 aliphatic heterocycles.